The Morgan fingerprint density at radius 3 is 2.42 bits per heavy atom. The Morgan fingerprint density at radius 1 is 1.02 bits per heavy atom. The lowest BCUT2D eigenvalue weighted by molar-refractivity contribution is 0.0188. The minimum atomic E-state index is -0.485. The van der Waals surface area contributed by atoms with Crippen molar-refractivity contribution in [2.45, 2.75) is 52.3 Å². The molecule has 0 saturated carbocycles. The molecule has 1 saturated heterocycles. The molecule has 40 heavy (non-hydrogen) atoms. The van der Waals surface area contributed by atoms with E-state index in [0.717, 1.165) is 41.7 Å². The van der Waals surface area contributed by atoms with E-state index in [1.54, 1.807) is 21.7 Å². The van der Waals surface area contributed by atoms with Crippen LogP contribution in [0.4, 0.5) is 10.6 Å². The lowest BCUT2D eigenvalue weighted by Crippen LogP contribution is -2.42. The van der Waals surface area contributed by atoms with Gasteiger partial charge in [-0.3, -0.25) is 9.48 Å². The van der Waals surface area contributed by atoms with Gasteiger partial charge in [0.2, 0.25) is 0 Å². The molecule has 4 aromatic rings. The summed E-state index contributed by atoms with van der Waals surface area (Å²) in [5, 5.41) is 9.52. The van der Waals surface area contributed by atoms with E-state index in [2.05, 4.69) is 20.4 Å². The molecule has 1 amide bonds. The molecule has 1 aliphatic heterocycles. The average Bonchev–Trinajstić information content (AvgIpc) is 3.33. The number of amides is 1. The molecule has 0 bridgehead atoms. The number of hydrogen-bond acceptors (Lipinski definition) is 7. The molecule has 0 radical (unpaired) electrons. The summed E-state index contributed by atoms with van der Waals surface area (Å²) in [5.74, 6) is 1.19. The molecule has 3 aromatic heterocycles. The maximum atomic E-state index is 12.3. The number of anilines is 1. The minimum absolute atomic E-state index is 0.0894. The summed E-state index contributed by atoms with van der Waals surface area (Å²) in [6, 6.07) is 11.2. The van der Waals surface area contributed by atoms with E-state index in [1.807, 2.05) is 55.9 Å². The Kier molecular flexibility index (Phi) is 8.07. The van der Waals surface area contributed by atoms with Crippen LogP contribution in [0.1, 0.15) is 44.7 Å². The molecule has 11 heteroatoms. The van der Waals surface area contributed by atoms with E-state index in [4.69, 9.17) is 16.3 Å². The lowest BCUT2D eigenvalue weighted by Gasteiger charge is -2.33. The normalized spacial score (nSPS) is 14.4. The number of carbonyl (C=O) groups excluding carboxylic acids is 1. The maximum Gasteiger partial charge on any atom is 0.410 e. The van der Waals surface area contributed by atoms with E-state index in [-0.39, 0.29) is 11.7 Å². The van der Waals surface area contributed by atoms with Crippen molar-refractivity contribution in [2.24, 2.45) is 5.92 Å². The van der Waals surface area contributed by atoms with Crippen LogP contribution in [0.2, 0.25) is 5.02 Å². The molecule has 0 spiro atoms. The number of piperidine rings is 1. The Hall–Kier alpha value is -3.92. The molecule has 5 rings (SSSR count). The van der Waals surface area contributed by atoms with Gasteiger partial charge in [0, 0.05) is 38.1 Å². The van der Waals surface area contributed by atoms with Crippen molar-refractivity contribution < 1.29 is 9.53 Å². The molecule has 210 valence electrons. The fourth-order valence-electron chi connectivity index (χ4n) is 4.75. The number of halogens is 1. The highest BCUT2D eigenvalue weighted by molar-refractivity contribution is 6.30. The van der Waals surface area contributed by atoms with Gasteiger partial charge in [-0.2, -0.15) is 5.10 Å². The molecule has 1 aromatic carbocycles. The van der Waals surface area contributed by atoms with Crippen molar-refractivity contribution >= 4 is 34.5 Å². The van der Waals surface area contributed by atoms with Gasteiger partial charge in [-0.1, -0.05) is 35.9 Å². The van der Waals surface area contributed by atoms with Crippen molar-refractivity contribution in [1.29, 1.82) is 0 Å². The molecule has 0 atom stereocenters. The van der Waals surface area contributed by atoms with Crippen molar-refractivity contribution in [3.05, 3.63) is 81.6 Å². The van der Waals surface area contributed by atoms with E-state index in [0.29, 0.717) is 42.8 Å². The summed E-state index contributed by atoms with van der Waals surface area (Å²) >= 11 is 6.03. The first-order chi connectivity index (χ1) is 19.1. The lowest BCUT2D eigenvalue weighted by atomic mass is 9.97. The second-order valence-electron chi connectivity index (χ2n) is 11.2. The number of nitrogens with zero attached hydrogens (tertiary/aromatic N) is 6. The van der Waals surface area contributed by atoms with Gasteiger partial charge in [-0.15, -0.1) is 0 Å². The summed E-state index contributed by atoms with van der Waals surface area (Å²) < 4.78 is 8.96. The standard InChI is InChI=1S/C29H34ClN7O3/c1-29(2,3)40-28(39)35-12-10-20(11-13-35)14-31-26-24-18-37(34-27(24)33-19-32-26)16-22-6-4-21(5-7-22)15-36-17-23(30)8-9-25(36)38/h4-9,17-20H,10-16H2,1-3H3,(H,31,32,33,34). The molecular formula is C29H34ClN7O3. The van der Waals surface area contributed by atoms with Crippen molar-refractivity contribution in [3.63, 3.8) is 0 Å². The topological polar surface area (TPSA) is 107 Å². The summed E-state index contributed by atoms with van der Waals surface area (Å²) in [4.78, 5) is 35.0. The van der Waals surface area contributed by atoms with Crippen LogP contribution in [0.5, 0.6) is 0 Å². The zero-order valence-electron chi connectivity index (χ0n) is 23.0. The van der Waals surface area contributed by atoms with Gasteiger partial charge in [0.25, 0.3) is 5.56 Å². The Morgan fingerprint density at radius 2 is 1.73 bits per heavy atom. The largest absolute Gasteiger partial charge is 0.444 e. The molecule has 0 aliphatic carbocycles. The number of likely N-dealkylation sites (tertiary alicyclic amines) is 1. The molecule has 1 aliphatic rings. The third-order valence-corrected chi connectivity index (χ3v) is 7.08. The predicted molar refractivity (Wildman–Crippen MR) is 155 cm³/mol. The van der Waals surface area contributed by atoms with Crippen LogP contribution in [0.3, 0.4) is 0 Å². The number of rotatable bonds is 7. The fourth-order valence-corrected chi connectivity index (χ4v) is 4.93. The van der Waals surface area contributed by atoms with Crippen molar-refractivity contribution in [2.75, 3.05) is 25.0 Å². The number of ether oxygens (including phenoxy) is 1. The van der Waals surface area contributed by atoms with Gasteiger partial charge < -0.3 is 19.5 Å². The molecule has 0 unspecified atom stereocenters. The molecular weight excluding hydrogens is 530 g/mol. The van der Waals surface area contributed by atoms with E-state index in [9.17, 15) is 9.59 Å². The highest BCUT2D eigenvalue weighted by Gasteiger charge is 2.27. The van der Waals surface area contributed by atoms with Gasteiger partial charge in [-0.05, 0) is 56.7 Å². The molecule has 10 nitrogen and oxygen atoms in total. The van der Waals surface area contributed by atoms with Crippen LogP contribution >= 0.6 is 11.6 Å². The number of fused-ring (bicyclic) bond motifs is 1. The molecule has 4 heterocycles. The smallest absolute Gasteiger partial charge is 0.410 e. The quantitative estimate of drug-likeness (QED) is 0.344. The number of nitrogens with one attached hydrogen (secondary N) is 1. The Balaban J connectivity index is 1.17. The highest BCUT2D eigenvalue weighted by Crippen LogP contribution is 2.23. The number of hydrogen-bond donors (Lipinski definition) is 1. The summed E-state index contributed by atoms with van der Waals surface area (Å²) in [6.45, 7) is 8.83. The maximum absolute atomic E-state index is 12.3. The van der Waals surface area contributed by atoms with Crippen LogP contribution < -0.4 is 10.9 Å². The van der Waals surface area contributed by atoms with E-state index < -0.39 is 5.60 Å². The van der Waals surface area contributed by atoms with Gasteiger partial charge >= 0.3 is 6.09 Å². The monoisotopic (exact) mass is 563 g/mol. The minimum Gasteiger partial charge on any atom is -0.444 e. The number of aromatic nitrogens is 5. The van der Waals surface area contributed by atoms with Crippen LogP contribution in [-0.2, 0) is 17.8 Å². The Labute approximate surface area is 237 Å². The average molecular weight is 564 g/mol. The van der Waals surface area contributed by atoms with Gasteiger partial charge in [0.05, 0.1) is 23.5 Å². The van der Waals surface area contributed by atoms with Crippen LogP contribution in [0.25, 0.3) is 11.0 Å². The number of pyridine rings is 1. The second-order valence-corrected chi connectivity index (χ2v) is 11.6. The SMILES string of the molecule is CC(C)(C)OC(=O)N1CCC(CNc2ncnc3nn(Cc4ccc(Cn5cc(Cl)ccc5=O)cc4)cc23)CC1. The fraction of sp³-hybridized carbons (Fsp3) is 0.414. The first kappa shape index (κ1) is 27.6. The first-order valence-corrected chi connectivity index (χ1v) is 13.8. The summed E-state index contributed by atoms with van der Waals surface area (Å²) in [5.41, 5.74) is 2.14. The second kappa shape index (κ2) is 11.7. The van der Waals surface area contributed by atoms with E-state index in [1.165, 1.54) is 12.4 Å². The summed E-state index contributed by atoms with van der Waals surface area (Å²) in [7, 11) is 0. The van der Waals surface area contributed by atoms with Crippen molar-refractivity contribution in [3.8, 4) is 0 Å². The van der Waals surface area contributed by atoms with Gasteiger partial charge in [-0.25, -0.2) is 14.8 Å². The highest BCUT2D eigenvalue weighted by atomic mass is 35.5. The molecule has 1 fully saturated rings. The number of carbonyl (C=O) groups is 1. The zero-order valence-corrected chi connectivity index (χ0v) is 23.8. The van der Waals surface area contributed by atoms with E-state index >= 15 is 0 Å². The van der Waals surface area contributed by atoms with Crippen LogP contribution in [0.15, 0.2) is 59.9 Å². The zero-order chi connectivity index (χ0) is 28.3. The van der Waals surface area contributed by atoms with Crippen molar-refractivity contribution in [1.82, 2.24) is 29.2 Å². The van der Waals surface area contributed by atoms with Crippen LogP contribution in [0, 0.1) is 5.92 Å². The first-order valence-electron chi connectivity index (χ1n) is 13.5. The van der Waals surface area contributed by atoms with Gasteiger partial charge in [0.1, 0.15) is 17.7 Å². The Bertz CT molecular complexity index is 1530. The third kappa shape index (κ3) is 6.98. The van der Waals surface area contributed by atoms with Crippen LogP contribution in [-0.4, -0.2) is 60.5 Å². The predicted octanol–water partition coefficient (Wildman–Crippen LogP) is 4.80. The summed E-state index contributed by atoms with van der Waals surface area (Å²) in [6.07, 6.45) is 6.70. The molecule has 1 N–H and O–H groups in total. The third-order valence-electron chi connectivity index (χ3n) is 6.86. The number of benzene rings is 1. The van der Waals surface area contributed by atoms with Gasteiger partial charge in [0.15, 0.2) is 5.65 Å².